The Bertz CT molecular complexity index is 908. The van der Waals surface area contributed by atoms with Gasteiger partial charge in [-0.1, -0.05) is 50.1 Å². The highest BCUT2D eigenvalue weighted by molar-refractivity contribution is 8.18. The normalized spacial score (nSPS) is 25.6. The van der Waals surface area contributed by atoms with Crippen molar-refractivity contribution in [1.29, 1.82) is 0 Å². The van der Waals surface area contributed by atoms with Crippen LogP contribution in [0.2, 0.25) is 0 Å². The quantitative estimate of drug-likeness (QED) is 0.597. The summed E-state index contributed by atoms with van der Waals surface area (Å²) < 4.78 is 13.2. The second-order valence-electron chi connectivity index (χ2n) is 7.40. The largest absolute Gasteiger partial charge is 0.283 e. The summed E-state index contributed by atoms with van der Waals surface area (Å²) in [6.07, 6.45) is 6.33. The molecule has 28 heavy (non-hydrogen) atoms. The molecule has 0 unspecified atom stereocenters. The van der Waals surface area contributed by atoms with Gasteiger partial charge in [-0.3, -0.25) is 9.69 Å². The molecule has 0 N–H and O–H groups in total. The molecule has 0 bridgehead atoms. The summed E-state index contributed by atoms with van der Waals surface area (Å²) in [4.78, 5) is 20.6. The first-order valence-corrected chi connectivity index (χ1v) is 10.6. The van der Waals surface area contributed by atoms with Crippen molar-refractivity contribution in [3.63, 3.8) is 0 Å². The average molecular weight is 395 g/mol. The number of hydrogen-bond donors (Lipinski definition) is 0. The Morgan fingerprint density at radius 1 is 1.07 bits per heavy atom. The molecule has 3 nitrogen and oxygen atoms in total. The molecule has 0 spiro atoms. The zero-order valence-electron chi connectivity index (χ0n) is 15.8. The minimum atomic E-state index is -0.281. The maximum absolute atomic E-state index is 13.3. The fourth-order valence-electron chi connectivity index (χ4n) is 3.86. The van der Waals surface area contributed by atoms with Crippen LogP contribution >= 0.6 is 11.8 Å². The number of aliphatic imine (C=N–C) groups is 1. The topological polar surface area (TPSA) is 32.7 Å². The molecule has 1 heterocycles. The van der Waals surface area contributed by atoms with Gasteiger partial charge in [0.15, 0.2) is 5.17 Å². The van der Waals surface area contributed by atoms with Gasteiger partial charge in [-0.25, -0.2) is 9.38 Å². The van der Waals surface area contributed by atoms with E-state index in [9.17, 15) is 9.18 Å². The minimum absolute atomic E-state index is 0.00255. The highest BCUT2D eigenvalue weighted by Crippen LogP contribution is 2.40. The maximum atomic E-state index is 13.3. The molecule has 2 aliphatic rings. The van der Waals surface area contributed by atoms with Crippen molar-refractivity contribution < 1.29 is 9.18 Å². The second-order valence-corrected chi connectivity index (χ2v) is 8.41. The van der Waals surface area contributed by atoms with E-state index < -0.39 is 0 Å². The number of benzene rings is 2. The van der Waals surface area contributed by atoms with Crippen LogP contribution in [0.4, 0.5) is 10.1 Å². The van der Waals surface area contributed by atoms with Crippen LogP contribution in [-0.2, 0) is 4.79 Å². The van der Waals surface area contributed by atoms with E-state index in [1.165, 1.54) is 30.3 Å². The van der Waals surface area contributed by atoms with E-state index >= 15 is 0 Å². The van der Waals surface area contributed by atoms with Crippen molar-refractivity contribution in [2.45, 2.75) is 38.6 Å². The summed E-state index contributed by atoms with van der Waals surface area (Å²) >= 11 is 1.41. The van der Waals surface area contributed by atoms with E-state index in [4.69, 9.17) is 4.99 Å². The number of amides is 1. The minimum Gasteiger partial charge on any atom is -0.283 e. The Labute approximate surface area is 169 Å². The summed E-state index contributed by atoms with van der Waals surface area (Å²) in [5.74, 6) is 0.170. The van der Waals surface area contributed by atoms with E-state index in [0.29, 0.717) is 10.8 Å². The van der Waals surface area contributed by atoms with Crippen LogP contribution in [0.3, 0.4) is 0 Å². The molecule has 1 amide bonds. The van der Waals surface area contributed by atoms with Gasteiger partial charge in [0.25, 0.3) is 5.91 Å². The molecule has 0 aromatic heterocycles. The Hall–Kier alpha value is -2.40. The zero-order valence-corrected chi connectivity index (χ0v) is 16.7. The van der Waals surface area contributed by atoms with Crippen LogP contribution in [0.15, 0.2) is 64.5 Å². The van der Waals surface area contributed by atoms with Gasteiger partial charge in [0.2, 0.25) is 0 Å². The van der Waals surface area contributed by atoms with Crippen molar-refractivity contribution >= 4 is 34.6 Å². The monoisotopic (exact) mass is 394 g/mol. The van der Waals surface area contributed by atoms with Gasteiger partial charge in [0.05, 0.1) is 10.6 Å². The van der Waals surface area contributed by atoms with Crippen LogP contribution in [0.25, 0.3) is 6.08 Å². The van der Waals surface area contributed by atoms with Gasteiger partial charge < -0.3 is 0 Å². The van der Waals surface area contributed by atoms with Gasteiger partial charge >= 0.3 is 0 Å². The molecule has 5 heteroatoms. The highest BCUT2D eigenvalue weighted by Gasteiger charge is 2.41. The molecule has 1 saturated carbocycles. The standard InChI is InChI=1S/C23H23FN2OS/c1-16-7-5-6-10-20(16)26-22(27)21(15-17-11-13-18(24)14-12-17)28-23(26)25-19-8-3-2-4-9-19/h2-4,8-9,11-16,20H,5-7,10H2,1H3/b21-15-,25-23?/t16-,20-/m0/s1. The fourth-order valence-corrected chi connectivity index (χ4v) is 4.91. The number of nitrogens with zero attached hydrogens (tertiary/aromatic N) is 2. The van der Waals surface area contributed by atoms with E-state index in [-0.39, 0.29) is 17.8 Å². The van der Waals surface area contributed by atoms with Gasteiger partial charge in [-0.15, -0.1) is 0 Å². The highest BCUT2D eigenvalue weighted by atomic mass is 32.2. The molecule has 1 aliphatic heterocycles. The molecule has 1 saturated heterocycles. The van der Waals surface area contributed by atoms with Crippen LogP contribution < -0.4 is 0 Å². The first-order valence-electron chi connectivity index (χ1n) is 9.74. The Balaban J connectivity index is 1.71. The van der Waals surface area contributed by atoms with Crippen molar-refractivity contribution in [2.75, 3.05) is 0 Å². The lowest BCUT2D eigenvalue weighted by molar-refractivity contribution is -0.124. The molecule has 144 valence electrons. The summed E-state index contributed by atoms with van der Waals surface area (Å²) in [6, 6.07) is 16.1. The van der Waals surface area contributed by atoms with Gasteiger partial charge in [0.1, 0.15) is 5.82 Å². The molecule has 2 aromatic carbocycles. The average Bonchev–Trinajstić information content (AvgIpc) is 3.00. The number of para-hydroxylation sites is 1. The smallest absolute Gasteiger partial charge is 0.267 e. The Kier molecular flexibility index (Phi) is 5.62. The van der Waals surface area contributed by atoms with Crippen LogP contribution in [0.5, 0.6) is 0 Å². The third-order valence-corrected chi connectivity index (χ3v) is 6.37. The lowest BCUT2D eigenvalue weighted by atomic mass is 9.85. The molecular weight excluding hydrogens is 371 g/mol. The van der Waals surface area contributed by atoms with E-state index in [0.717, 1.165) is 35.7 Å². The fraction of sp³-hybridized carbons (Fsp3) is 0.304. The second kappa shape index (κ2) is 8.31. The molecule has 2 fully saturated rings. The number of carbonyl (C=O) groups is 1. The van der Waals surface area contributed by atoms with E-state index in [1.807, 2.05) is 41.3 Å². The SMILES string of the molecule is C[C@H]1CCCC[C@@H]1N1C(=O)/C(=C/c2ccc(F)cc2)SC1=Nc1ccccc1. The lowest BCUT2D eigenvalue weighted by Gasteiger charge is -2.35. The maximum Gasteiger partial charge on any atom is 0.267 e. The lowest BCUT2D eigenvalue weighted by Crippen LogP contribution is -2.44. The summed E-state index contributed by atoms with van der Waals surface area (Å²) in [5.41, 5.74) is 1.66. The van der Waals surface area contributed by atoms with Crippen molar-refractivity contribution in [2.24, 2.45) is 10.9 Å². The molecular formula is C23H23FN2OS. The van der Waals surface area contributed by atoms with Crippen LogP contribution in [0.1, 0.15) is 38.2 Å². The number of carbonyl (C=O) groups excluding carboxylic acids is 1. The van der Waals surface area contributed by atoms with Crippen molar-refractivity contribution in [3.8, 4) is 0 Å². The predicted molar refractivity (Wildman–Crippen MR) is 114 cm³/mol. The Morgan fingerprint density at radius 2 is 1.79 bits per heavy atom. The number of hydrogen-bond acceptors (Lipinski definition) is 3. The zero-order chi connectivity index (χ0) is 19.5. The van der Waals surface area contributed by atoms with Crippen LogP contribution in [0, 0.1) is 11.7 Å². The van der Waals surface area contributed by atoms with Crippen LogP contribution in [-0.4, -0.2) is 22.0 Å². The number of thioether (sulfide) groups is 1. The Morgan fingerprint density at radius 3 is 2.50 bits per heavy atom. The molecule has 1 aliphatic carbocycles. The summed E-state index contributed by atoms with van der Waals surface area (Å²) in [5, 5.41) is 0.739. The number of halogens is 1. The molecule has 0 radical (unpaired) electrons. The van der Waals surface area contributed by atoms with Gasteiger partial charge in [-0.05, 0) is 66.4 Å². The van der Waals surface area contributed by atoms with Gasteiger partial charge in [0, 0.05) is 6.04 Å². The third-order valence-electron chi connectivity index (χ3n) is 5.38. The first-order chi connectivity index (χ1) is 13.6. The summed E-state index contributed by atoms with van der Waals surface area (Å²) in [7, 11) is 0. The first kappa shape index (κ1) is 18.9. The van der Waals surface area contributed by atoms with Crippen molar-refractivity contribution in [3.05, 3.63) is 70.9 Å². The number of rotatable bonds is 3. The molecule has 2 atom stereocenters. The third kappa shape index (κ3) is 4.04. The van der Waals surface area contributed by atoms with Gasteiger partial charge in [-0.2, -0.15) is 0 Å². The number of amidine groups is 1. The molecule has 2 aromatic rings. The molecule has 4 rings (SSSR count). The summed E-state index contributed by atoms with van der Waals surface area (Å²) in [6.45, 7) is 2.23. The van der Waals surface area contributed by atoms with Crippen molar-refractivity contribution in [1.82, 2.24) is 4.90 Å². The predicted octanol–water partition coefficient (Wildman–Crippen LogP) is 6.01. The van der Waals surface area contributed by atoms with E-state index in [2.05, 4.69) is 6.92 Å². The van der Waals surface area contributed by atoms with E-state index in [1.54, 1.807) is 12.1 Å².